The predicted octanol–water partition coefficient (Wildman–Crippen LogP) is 0.582. The number of unbranched alkanes of at least 4 members (excludes halogenated alkanes) is 9. The topological polar surface area (TPSA) is 69.2 Å². The van der Waals surface area contributed by atoms with Crippen LogP contribution in [0.3, 0.4) is 0 Å². The summed E-state index contributed by atoms with van der Waals surface area (Å²) in [7, 11) is 0. The van der Waals surface area contributed by atoms with Crippen molar-refractivity contribution in [3.63, 3.8) is 0 Å². The van der Waals surface area contributed by atoms with E-state index in [1.54, 1.807) is 0 Å². The van der Waals surface area contributed by atoms with Gasteiger partial charge in [0, 0.05) is 6.42 Å². The van der Waals surface area contributed by atoms with E-state index < -0.39 is 12.0 Å². The van der Waals surface area contributed by atoms with Gasteiger partial charge < -0.3 is 15.2 Å². The summed E-state index contributed by atoms with van der Waals surface area (Å²) in [5.74, 6) is -1.13. The van der Waals surface area contributed by atoms with Crippen molar-refractivity contribution in [2.24, 2.45) is 5.92 Å². The van der Waals surface area contributed by atoms with Gasteiger partial charge in [0.1, 0.15) is 0 Å². The van der Waals surface area contributed by atoms with Crippen LogP contribution < -0.4 is 40.0 Å². The zero-order valence-corrected chi connectivity index (χ0v) is 18.4. The van der Waals surface area contributed by atoms with Crippen molar-refractivity contribution in [3.05, 3.63) is 0 Å². The van der Waals surface area contributed by atoms with E-state index in [2.05, 4.69) is 12.2 Å². The Kier molecular flexibility index (Phi) is 19.4. The van der Waals surface area contributed by atoms with E-state index in [-0.39, 0.29) is 41.4 Å². The smallest absolute Gasteiger partial charge is 0.548 e. The molecule has 0 fully saturated rings. The van der Waals surface area contributed by atoms with E-state index in [1.165, 1.54) is 44.9 Å². The average Bonchev–Trinajstić information content (AvgIpc) is 2.48. The van der Waals surface area contributed by atoms with Gasteiger partial charge in [-0.15, -0.1) is 0 Å². The molecule has 0 aromatic heterocycles. The SMILES string of the molecule is CCCCCCCCCCCCC(=O)N[C@@H](CC(C)C)C(=O)[O-].[Na+]. The molecule has 0 saturated heterocycles. The Morgan fingerprint density at radius 2 is 1.33 bits per heavy atom. The van der Waals surface area contributed by atoms with Crippen LogP contribution in [-0.2, 0) is 9.59 Å². The number of carbonyl (C=O) groups is 2. The summed E-state index contributed by atoms with van der Waals surface area (Å²) in [5, 5.41) is 13.6. The van der Waals surface area contributed by atoms with Crippen molar-refractivity contribution in [1.82, 2.24) is 5.32 Å². The quantitative estimate of drug-likeness (QED) is 0.347. The summed E-state index contributed by atoms with van der Waals surface area (Å²) < 4.78 is 0. The van der Waals surface area contributed by atoms with Crippen LogP contribution in [0.2, 0.25) is 0 Å². The second-order valence-corrected chi connectivity index (χ2v) is 7.00. The molecule has 0 aliphatic rings. The van der Waals surface area contributed by atoms with Crippen LogP contribution in [0.1, 0.15) is 97.8 Å². The number of hydrogen-bond acceptors (Lipinski definition) is 3. The fourth-order valence-corrected chi connectivity index (χ4v) is 2.72. The van der Waals surface area contributed by atoms with E-state index in [0.29, 0.717) is 12.8 Å². The minimum atomic E-state index is -1.19. The first-order valence-electron chi connectivity index (χ1n) is 9.47. The molecule has 0 heterocycles. The molecular formula is C19H36NNaO3. The number of carboxylic acids is 1. The third-order valence-electron chi connectivity index (χ3n) is 4.08. The maximum Gasteiger partial charge on any atom is 1.00 e. The molecule has 1 N–H and O–H groups in total. The molecule has 136 valence electrons. The molecule has 0 saturated carbocycles. The third kappa shape index (κ3) is 16.8. The van der Waals surface area contributed by atoms with Crippen molar-refractivity contribution in [2.75, 3.05) is 0 Å². The Hall–Kier alpha value is -0.0600. The van der Waals surface area contributed by atoms with Gasteiger partial charge >= 0.3 is 29.6 Å². The van der Waals surface area contributed by atoms with Crippen LogP contribution in [0.5, 0.6) is 0 Å². The minimum Gasteiger partial charge on any atom is -0.548 e. The first-order valence-corrected chi connectivity index (χ1v) is 9.47. The van der Waals surface area contributed by atoms with E-state index >= 15 is 0 Å². The second kappa shape index (κ2) is 17.8. The van der Waals surface area contributed by atoms with Crippen LogP contribution in [-0.4, -0.2) is 17.9 Å². The molecule has 0 radical (unpaired) electrons. The zero-order chi connectivity index (χ0) is 17.5. The number of nitrogens with one attached hydrogen (secondary N) is 1. The fraction of sp³-hybridized carbons (Fsp3) is 0.895. The van der Waals surface area contributed by atoms with Crippen LogP contribution >= 0.6 is 0 Å². The Balaban J connectivity index is 0. The van der Waals surface area contributed by atoms with Crippen molar-refractivity contribution in [2.45, 2.75) is 104 Å². The molecule has 0 spiro atoms. The maximum atomic E-state index is 11.8. The Labute approximate surface area is 170 Å². The number of carbonyl (C=O) groups excluding carboxylic acids is 2. The summed E-state index contributed by atoms with van der Waals surface area (Å²) in [5.41, 5.74) is 0. The van der Waals surface area contributed by atoms with Crippen molar-refractivity contribution < 1.29 is 44.3 Å². The molecule has 0 aromatic rings. The monoisotopic (exact) mass is 349 g/mol. The first-order chi connectivity index (χ1) is 11.0. The van der Waals surface area contributed by atoms with Gasteiger partial charge in [0.15, 0.2) is 0 Å². The fourth-order valence-electron chi connectivity index (χ4n) is 2.72. The molecule has 0 aromatic carbocycles. The van der Waals surface area contributed by atoms with Crippen LogP contribution in [0.4, 0.5) is 0 Å². The second-order valence-electron chi connectivity index (χ2n) is 7.00. The van der Waals surface area contributed by atoms with Gasteiger partial charge in [0.2, 0.25) is 5.91 Å². The zero-order valence-electron chi connectivity index (χ0n) is 16.4. The molecule has 24 heavy (non-hydrogen) atoms. The van der Waals surface area contributed by atoms with Gasteiger partial charge in [0.05, 0.1) is 12.0 Å². The number of rotatable bonds is 15. The minimum absolute atomic E-state index is 0. The molecule has 0 bridgehead atoms. The number of carboxylic acid groups (broad SMARTS) is 1. The van der Waals surface area contributed by atoms with Crippen molar-refractivity contribution in [3.8, 4) is 0 Å². The summed E-state index contributed by atoms with van der Waals surface area (Å²) in [6, 6.07) is -0.856. The molecule has 0 unspecified atom stereocenters. The van der Waals surface area contributed by atoms with Crippen molar-refractivity contribution >= 4 is 11.9 Å². The summed E-state index contributed by atoms with van der Waals surface area (Å²) in [6.07, 6.45) is 13.1. The average molecular weight is 349 g/mol. The molecule has 0 aliphatic heterocycles. The molecular weight excluding hydrogens is 313 g/mol. The van der Waals surface area contributed by atoms with E-state index in [0.717, 1.165) is 19.3 Å². The molecule has 1 atom stereocenters. The molecule has 1 amide bonds. The van der Waals surface area contributed by atoms with Gasteiger partial charge in [-0.1, -0.05) is 78.6 Å². The van der Waals surface area contributed by atoms with E-state index in [1.807, 2.05) is 13.8 Å². The Bertz CT molecular complexity index is 322. The van der Waals surface area contributed by atoms with Crippen LogP contribution in [0.25, 0.3) is 0 Å². The van der Waals surface area contributed by atoms with Gasteiger partial charge in [-0.25, -0.2) is 0 Å². The normalized spacial score (nSPS) is 11.8. The van der Waals surface area contributed by atoms with E-state index in [9.17, 15) is 14.7 Å². The summed E-state index contributed by atoms with van der Waals surface area (Å²) in [4.78, 5) is 22.8. The standard InChI is InChI=1S/C19H37NO3.Na/c1-4-5-6-7-8-9-10-11-12-13-14-18(21)20-17(19(22)23)15-16(2)3;/h16-17H,4-15H2,1-3H3,(H,20,21)(H,22,23);/q;+1/p-1/t17-;/m0./s1. The largest absolute Gasteiger partial charge is 1.00 e. The van der Waals surface area contributed by atoms with Crippen LogP contribution in [0.15, 0.2) is 0 Å². The molecule has 5 heteroatoms. The van der Waals surface area contributed by atoms with E-state index in [4.69, 9.17) is 0 Å². The Morgan fingerprint density at radius 3 is 1.75 bits per heavy atom. The maximum absolute atomic E-state index is 11.8. The Morgan fingerprint density at radius 1 is 0.875 bits per heavy atom. The number of aliphatic carboxylic acids is 1. The van der Waals surface area contributed by atoms with Gasteiger partial charge in [-0.05, 0) is 18.8 Å². The molecule has 0 rings (SSSR count). The van der Waals surface area contributed by atoms with Gasteiger partial charge in [-0.2, -0.15) is 0 Å². The number of hydrogen-bond donors (Lipinski definition) is 1. The van der Waals surface area contributed by atoms with Crippen molar-refractivity contribution in [1.29, 1.82) is 0 Å². The number of amides is 1. The molecule has 0 aliphatic carbocycles. The molecule has 4 nitrogen and oxygen atoms in total. The predicted molar refractivity (Wildman–Crippen MR) is 92.9 cm³/mol. The first kappa shape index (κ1) is 26.2. The summed E-state index contributed by atoms with van der Waals surface area (Å²) in [6.45, 7) is 6.10. The van der Waals surface area contributed by atoms with Gasteiger partial charge in [0.25, 0.3) is 0 Å². The van der Waals surface area contributed by atoms with Gasteiger partial charge in [-0.3, -0.25) is 4.79 Å². The third-order valence-corrected chi connectivity index (χ3v) is 4.08. The summed E-state index contributed by atoms with van der Waals surface area (Å²) >= 11 is 0. The van der Waals surface area contributed by atoms with Crippen LogP contribution in [0, 0.1) is 5.92 Å².